The number of aromatic nitrogens is 1. The third-order valence-electron chi connectivity index (χ3n) is 6.22. The molecule has 3 aromatic rings. The molecule has 1 aromatic heterocycles. The van der Waals surface area contributed by atoms with E-state index in [-0.39, 0.29) is 37.1 Å². The van der Waals surface area contributed by atoms with Gasteiger partial charge in [0.25, 0.3) is 5.56 Å². The van der Waals surface area contributed by atoms with Crippen LogP contribution in [0.5, 0.6) is 17.2 Å². The Morgan fingerprint density at radius 2 is 1.76 bits per heavy atom. The Labute approximate surface area is 247 Å². The molecule has 0 saturated carbocycles. The van der Waals surface area contributed by atoms with Gasteiger partial charge in [-0.2, -0.15) is 0 Å². The van der Waals surface area contributed by atoms with Gasteiger partial charge in [0.15, 0.2) is 22.9 Å². The second-order valence-corrected chi connectivity index (χ2v) is 10.6. The normalized spacial score (nSPS) is 14.7. The number of esters is 2. The summed E-state index contributed by atoms with van der Waals surface area (Å²) in [6.45, 7) is 9.30. The molecule has 10 nitrogen and oxygen atoms in total. The Hall–Kier alpha value is -4.38. The highest BCUT2D eigenvalue weighted by atomic mass is 32.1. The van der Waals surface area contributed by atoms with E-state index in [1.807, 2.05) is 19.9 Å². The van der Waals surface area contributed by atoms with Gasteiger partial charge < -0.3 is 23.7 Å². The van der Waals surface area contributed by atoms with Gasteiger partial charge in [0.1, 0.15) is 5.75 Å². The summed E-state index contributed by atoms with van der Waals surface area (Å²) < 4.78 is 29.1. The Balaban J connectivity index is 1.78. The Morgan fingerprint density at radius 1 is 1.05 bits per heavy atom. The molecule has 0 saturated heterocycles. The third kappa shape index (κ3) is 6.73. The van der Waals surface area contributed by atoms with Crippen molar-refractivity contribution >= 4 is 29.4 Å². The maximum absolute atomic E-state index is 13.9. The van der Waals surface area contributed by atoms with Gasteiger partial charge in [-0.05, 0) is 76.1 Å². The summed E-state index contributed by atoms with van der Waals surface area (Å²) in [4.78, 5) is 43.7. The lowest BCUT2D eigenvalue weighted by Crippen LogP contribution is -2.40. The van der Waals surface area contributed by atoms with Crippen molar-refractivity contribution in [3.63, 3.8) is 0 Å². The van der Waals surface area contributed by atoms with Crippen molar-refractivity contribution in [2.45, 2.75) is 46.8 Å². The molecule has 42 heavy (non-hydrogen) atoms. The maximum atomic E-state index is 13.9. The summed E-state index contributed by atoms with van der Waals surface area (Å²) in [5.41, 5.74) is 1.84. The molecule has 1 unspecified atom stereocenters. The zero-order chi connectivity index (χ0) is 30.4. The minimum absolute atomic E-state index is 0.0714. The van der Waals surface area contributed by atoms with E-state index in [1.165, 1.54) is 23.0 Å². The van der Waals surface area contributed by atoms with Crippen LogP contribution in [0, 0.1) is 0 Å². The number of carbonyl (C=O) groups is 2. The quantitative estimate of drug-likeness (QED) is 0.310. The van der Waals surface area contributed by atoms with Gasteiger partial charge in [-0.3, -0.25) is 9.36 Å². The monoisotopic (exact) mass is 594 g/mol. The molecule has 2 heterocycles. The Bertz CT molecular complexity index is 1670. The number of allylic oxidation sites excluding steroid dienone is 1. The van der Waals surface area contributed by atoms with Gasteiger partial charge in [-0.15, -0.1) is 0 Å². The fraction of sp³-hybridized carbons (Fsp3) is 0.355. The minimum atomic E-state index is -0.789. The van der Waals surface area contributed by atoms with Crippen LogP contribution in [0.3, 0.4) is 0 Å². The first-order valence-corrected chi connectivity index (χ1v) is 14.4. The summed E-state index contributed by atoms with van der Waals surface area (Å²) in [6.07, 6.45) is 1.68. The average Bonchev–Trinajstić information content (AvgIpc) is 3.26. The van der Waals surface area contributed by atoms with Crippen LogP contribution in [-0.2, 0) is 19.1 Å². The van der Waals surface area contributed by atoms with Crippen molar-refractivity contribution in [2.75, 3.05) is 26.9 Å². The van der Waals surface area contributed by atoms with E-state index in [0.717, 1.165) is 5.56 Å². The van der Waals surface area contributed by atoms with Crippen LogP contribution >= 0.6 is 11.3 Å². The standard InChI is InChI=1S/C31H34N2O8S/c1-7-38-26(34)17-40-22-12-9-20(10-13-22)15-25-29(35)33-28(21-11-14-23(41-18(3)4)24(16-21)37-6)27(30(36)39-8-2)19(5)32-31(33)42-25/h9-16,18,28H,7-8,17H2,1-6H3. The summed E-state index contributed by atoms with van der Waals surface area (Å²) >= 11 is 1.22. The number of methoxy groups -OCH3 is 1. The first-order valence-electron chi connectivity index (χ1n) is 13.6. The molecule has 0 spiro atoms. The van der Waals surface area contributed by atoms with Gasteiger partial charge in [0.2, 0.25) is 0 Å². The second-order valence-electron chi connectivity index (χ2n) is 9.54. The second kappa shape index (κ2) is 13.5. The van der Waals surface area contributed by atoms with Crippen molar-refractivity contribution < 1.29 is 33.3 Å². The number of nitrogens with zero attached hydrogens (tertiary/aromatic N) is 2. The number of hydrogen-bond acceptors (Lipinski definition) is 10. The zero-order valence-corrected chi connectivity index (χ0v) is 25.3. The third-order valence-corrected chi connectivity index (χ3v) is 7.21. The molecule has 2 aromatic carbocycles. The van der Waals surface area contributed by atoms with E-state index in [1.54, 1.807) is 63.2 Å². The SMILES string of the molecule is CCOC(=O)COc1ccc(C=c2sc3n(c2=O)C(c2ccc(OC(C)C)c(OC)c2)C(C(=O)OCC)=C(C)N=3)cc1. The molecule has 222 valence electrons. The molecule has 0 N–H and O–H groups in total. The van der Waals surface area contributed by atoms with Crippen LogP contribution in [0.1, 0.15) is 51.8 Å². The number of benzene rings is 2. The largest absolute Gasteiger partial charge is 0.493 e. The van der Waals surface area contributed by atoms with Gasteiger partial charge in [-0.25, -0.2) is 14.6 Å². The molecule has 0 fully saturated rings. The number of rotatable bonds is 11. The van der Waals surface area contributed by atoms with Crippen LogP contribution in [-0.4, -0.2) is 49.5 Å². The lowest BCUT2D eigenvalue weighted by atomic mass is 9.95. The first kappa shape index (κ1) is 30.6. The van der Waals surface area contributed by atoms with Crippen LogP contribution in [0.25, 0.3) is 6.08 Å². The predicted molar refractivity (Wildman–Crippen MR) is 158 cm³/mol. The highest BCUT2D eigenvalue weighted by Crippen LogP contribution is 2.36. The lowest BCUT2D eigenvalue weighted by molar-refractivity contribution is -0.145. The minimum Gasteiger partial charge on any atom is -0.493 e. The number of hydrogen-bond donors (Lipinski definition) is 0. The van der Waals surface area contributed by atoms with E-state index >= 15 is 0 Å². The lowest BCUT2D eigenvalue weighted by Gasteiger charge is -2.25. The number of thiazole rings is 1. The maximum Gasteiger partial charge on any atom is 0.344 e. The Kier molecular flexibility index (Phi) is 9.84. The van der Waals surface area contributed by atoms with Crippen LogP contribution in [0.2, 0.25) is 0 Å². The molecule has 0 bridgehead atoms. The fourth-order valence-electron chi connectivity index (χ4n) is 4.47. The number of ether oxygens (including phenoxy) is 5. The van der Waals surface area contributed by atoms with Crippen molar-refractivity contribution in [3.8, 4) is 17.2 Å². The summed E-state index contributed by atoms with van der Waals surface area (Å²) in [6, 6.07) is 11.5. The highest BCUT2D eigenvalue weighted by Gasteiger charge is 2.34. The van der Waals surface area contributed by atoms with Gasteiger partial charge in [-0.1, -0.05) is 29.5 Å². The van der Waals surface area contributed by atoms with Crippen molar-refractivity contribution in [2.24, 2.45) is 4.99 Å². The van der Waals surface area contributed by atoms with Gasteiger partial charge >= 0.3 is 11.9 Å². The average molecular weight is 595 g/mol. The molecular weight excluding hydrogens is 560 g/mol. The molecule has 4 rings (SSSR count). The van der Waals surface area contributed by atoms with E-state index < -0.39 is 18.0 Å². The predicted octanol–water partition coefficient (Wildman–Crippen LogP) is 3.54. The van der Waals surface area contributed by atoms with E-state index in [9.17, 15) is 14.4 Å². The summed E-state index contributed by atoms with van der Waals surface area (Å²) in [5, 5.41) is 0. The number of carbonyl (C=O) groups excluding carboxylic acids is 2. The molecular formula is C31H34N2O8S. The van der Waals surface area contributed by atoms with Crippen molar-refractivity contribution in [1.82, 2.24) is 4.57 Å². The van der Waals surface area contributed by atoms with Crippen molar-refractivity contribution in [1.29, 1.82) is 0 Å². The first-order chi connectivity index (χ1) is 20.2. The van der Waals surface area contributed by atoms with Crippen LogP contribution in [0.4, 0.5) is 0 Å². The van der Waals surface area contributed by atoms with E-state index in [4.69, 9.17) is 23.7 Å². The summed E-state index contributed by atoms with van der Waals surface area (Å²) in [5.74, 6) is 0.533. The smallest absolute Gasteiger partial charge is 0.344 e. The molecule has 11 heteroatoms. The number of fused-ring (bicyclic) bond motifs is 1. The van der Waals surface area contributed by atoms with E-state index in [2.05, 4.69) is 4.99 Å². The topological polar surface area (TPSA) is 115 Å². The molecule has 0 amide bonds. The highest BCUT2D eigenvalue weighted by molar-refractivity contribution is 7.07. The van der Waals surface area contributed by atoms with Crippen molar-refractivity contribution in [3.05, 3.63) is 84.5 Å². The molecule has 0 aliphatic carbocycles. The molecule has 0 radical (unpaired) electrons. The Morgan fingerprint density at radius 3 is 2.40 bits per heavy atom. The van der Waals surface area contributed by atoms with Gasteiger partial charge in [0, 0.05) is 0 Å². The zero-order valence-electron chi connectivity index (χ0n) is 24.5. The summed E-state index contributed by atoms with van der Waals surface area (Å²) in [7, 11) is 1.54. The molecule has 1 aliphatic heterocycles. The van der Waals surface area contributed by atoms with E-state index in [0.29, 0.717) is 37.8 Å². The fourth-order valence-corrected chi connectivity index (χ4v) is 5.52. The molecule has 1 atom stereocenters. The molecule has 1 aliphatic rings. The van der Waals surface area contributed by atoms with Crippen LogP contribution in [0.15, 0.2) is 63.5 Å². The van der Waals surface area contributed by atoms with Crippen LogP contribution < -0.4 is 29.1 Å². The van der Waals surface area contributed by atoms with Gasteiger partial charge in [0.05, 0.1) is 48.3 Å².